The van der Waals surface area contributed by atoms with Crippen molar-refractivity contribution >= 4 is 0 Å². The second kappa shape index (κ2) is 5.05. The van der Waals surface area contributed by atoms with Crippen LogP contribution >= 0.6 is 0 Å². The molecule has 0 aromatic rings. The van der Waals surface area contributed by atoms with Crippen LogP contribution in [-0.4, -0.2) is 18.8 Å². The van der Waals surface area contributed by atoms with E-state index in [1.165, 1.54) is 44.9 Å². The van der Waals surface area contributed by atoms with Crippen LogP contribution < -0.4 is 5.73 Å². The van der Waals surface area contributed by atoms with E-state index in [1.807, 2.05) is 0 Å². The highest BCUT2D eigenvalue weighted by Gasteiger charge is 2.37. The Balaban J connectivity index is 1.93. The SMILES string of the molecule is CC1CCCC(CN)(CC2CCC(C)O2)C1. The first-order valence-corrected chi connectivity index (χ1v) is 6.99. The maximum atomic E-state index is 6.06. The van der Waals surface area contributed by atoms with Gasteiger partial charge in [0, 0.05) is 0 Å². The van der Waals surface area contributed by atoms with Crippen LogP contribution in [0.2, 0.25) is 0 Å². The Morgan fingerprint density at radius 2 is 2.06 bits per heavy atom. The van der Waals surface area contributed by atoms with Gasteiger partial charge in [0.15, 0.2) is 0 Å². The largest absolute Gasteiger partial charge is 0.375 e. The number of hydrogen-bond acceptors (Lipinski definition) is 2. The fourth-order valence-corrected chi connectivity index (χ4v) is 3.74. The molecule has 1 saturated carbocycles. The molecule has 2 heteroatoms. The number of hydrogen-bond donors (Lipinski definition) is 1. The fourth-order valence-electron chi connectivity index (χ4n) is 3.74. The third kappa shape index (κ3) is 2.78. The summed E-state index contributed by atoms with van der Waals surface area (Å²) in [6.07, 6.45) is 10.0. The van der Waals surface area contributed by atoms with Gasteiger partial charge in [0.2, 0.25) is 0 Å². The molecule has 4 atom stereocenters. The van der Waals surface area contributed by atoms with Crippen LogP contribution in [0.15, 0.2) is 0 Å². The molecule has 0 aromatic heterocycles. The van der Waals surface area contributed by atoms with E-state index in [4.69, 9.17) is 10.5 Å². The molecule has 94 valence electrons. The molecule has 2 fully saturated rings. The van der Waals surface area contributed by atoms with Gasteiger partial charge in [0.25, 0.3) is 0 Å². The van der Waals surface area contributed by atoms with Crippen LogP contribution in [0.1, 0.15) is 58.8 Å². The molecule has 1 heterocycles. The van der Waals surface area contributed by atoms with E-state index in [1.54, 1.807) is 0 Å². The summed E-state index contributed by atoms with van der Waals surface area (Å²) in [7, 11) is 0. The Morgan fingerprint density at radius 1 is 1.25 bits per heavy atom. The van der Waals surface area contributed by atoms with Crippen LogP contribution in [0, 0.1) is 11.3 Å². The average Bonchev–Trinajstić information content (AvgIpc) is 2.64. The Hall–Kier alpha value is -0.0800. The molecule has 2 nitrogen and oxygen atoms in total. The number of ether oxygens (including phenoxy) is 1. The van der Waals surface area contributed by atoms with Gasteiger partial charge >= 0.3 is 0 Å². The van der Waals surface area contributed by atoms with Crippen LogP contribution in [-0.2, 0) is 4.74 Å². The van der Waals surface area contributed by atoms with Gasteiger partial charge in [-0.05, 0) is 56.9 Å². The van der Waals surface area contributed by atoms with Gasteiger partial charge in [-0.1, -0.05) is 19.8 Å². The highest BCUT2D eigenvalue weighted by atomic mass is 16.5. The lowest BCUT2D eigenvalue weighted by Gasteiger charge is -2.40. The van der Waals surface area contributed by atoms with Crippen molar-refractivity contribution in [3.05, 3.63) is 0 Å². The minimum absolute atomic E-state index is 0.395. The van der Waals surface area contributed by atoms with Crippen molar-refractivity contribution in [3.8, 4) is 0 Å². The van der Waals surface area contributed by atoms with Gasteiger partial charge in [-0.3, -0.25) is 0 Å². The number of nitrogens with two attached hydrogens (primary N) is 1. The molecule has 1 saturated heterocycles. The van der Waals surface area contributed by atoms with Crippen LogP contribution in [0.4, 0.5) is 0 Å². The quantitative estimate of drug-likeness (QED) is 0.801. The summed E-state index contributed by atoms with van der Waals surface area (Å²) in [6.45, 7) is 5.42. The van der Waals surface area contributed by atoms with Crippen LogP contribution in [0.5, 0.6) is 0 Å². The van der Waals surface area contributed by atoms with E-state index >= 15 is 0 Å². The molecule has 2 aliphatic rings. The monoisotopic (exact) mass is 225 g/mol. The van der Waals surface area contributed by atoms with Gasteiger partial charge in [0.05, 0.1) is 12.2 Å². The van der Waals surface area contributed by atoms with E-state index in [2.05, 4.69) is 13.8 Å². The minimum atomic E-state index is 0.395. The zero-order valence-electron chi connectivity index (χ0n) is 10.9. The molecular formula is C14H27NO. The van der Waals surface area contributed by atoms with Crippen LogP contribution in [0.25, 0.3) is 0 Å². The standard InChI is InChI=1S/C14H27NO/c1-11-4-3-7-14(8-11,10-15)9-13-6-5-12(2)16-13/h11-13H,3-10,15H2,1-2H3. The maximum Gasteiger partial charge on any atom is 0.0585 e. The number of rotatable bonds is 3. The Kier molecular flexibility index (Phi) is 3.91. The second-order valence-corrected chi connectivity index (χ2v) is 6.26. The highest BCUT2D eigenvalue weighted by Crippen LogP contribution is 2.44. The van der Waals surface area contributed by atoms with E-state index in [0.717, 1.165) is 12.5 Å². The van der Waals surface area contributed by atoms with Crippen molar-refractivity contribution in [1.82, 2.24) is 0 Å². The van der Waals surface area contributed by atoms with Crippen molar-refractivity contribution in [2.24, 2.45) is 17.1 Å². The summed E-state index contributed by atoms with van der Waals surface area (Å²) in [5, 5.41) is 0. The Bertz CT molecular complexity index is 231. The van der Waals surface area contributed by atoms with E-state index in [0.29, 0.717) is 17.6 Å². The molecular weight excluding hydrogens is 198 g/mol. The van der Waals surface area contributed by atoms with Gasteiger partial charge in [-0.15, -0.1) is 0 Å². The maximum absolute atomic E-state index is 6.06. The van der Waals surface area contributed by atoms with E-state index in [-0.39, 0.29) is 0 Å². The molecule has 2 rings (SSSR count). The molecule has 1 aliphatic heterocycles. The summed E-state index contributed by atoms with van der Waals surface area (Å²) in [5.74, 6) is 0.858. The topological polar surface area (TPSA) is 35.2 Å². The molecule has 0 bridgehead atoms. The first-order valence-electron chi connectivity index (χ1n) is 6.99. The predicted molar refractivity (Wildman–Crippen MR) is 67.3 cm³/mol. The summed E-state index contributed by atoms with van der Waals surface area (Å²) in [4.78, 5) is 0. The second-order valence-electron chi connectivity index (χ2n) is 6.26. The molecule has 4 unspecified atom stereocenters. The Labute approximate surface area is 99.9 Å². The third-order valence-electron chi connectivity index (χ3n) is 4.60. The summed E-state index contributed by atoms with van der Waals surface area (Å²) in [6, 6.07) is 0. The zero-order valence-corrected chi connectivity index (χ0v) is 10.9. The van der Waals surface area contributed by atoms with Crippen molar-refractivity contribution in [2.75, 3.05) is 6.54 Å². The van der Waals surface area contributed by atoms with Crippen LogP contribution in [0.3, 0.4) is 0 Å². The van der Waals surface area contributed by atoms with Crippen molar-refractivity contribution < 1.29 is 4.74 Å². The molecule has 0 radical (unpaired) electrons. The first-order chi connectivity index (χ1) is 7.63. The lowest BCUT2D eigenvalue weighted by atomic mass is 9.67. The summed E-state index contributed by atoms with van der Waals surface area (Å²) >= 11 is 0. The molecule has 0 aromatic carbocycles. The van der Waals surface area contributed by atoms with Gasteiger partial charge in [-0.25, -0.2) is 0 Å². The Morgan fingerprint density at radius 3 is 2.62 bits per heavy atom. The minimum Gasteiger partial charge on any atom is -0.375 e. The summed E-state index contributed by atoms with van der Waals surface area (Å²) in [5.41, 5.74) is 6.45. The van der Waals surface area contributed by atoms with Gasteiger partial charge in [0.1, 0.15) is 0 Å². The molecule has 2 N–H and O–H groups in total. The smallest absolute Gasteiger partial charge is 0.0585 e. The molecule has 0 amide bonds. The van der Waals surface area contributed by atoms with E-state index in [9.17, 15) is 0 Å². The zero-order chi connectivity index (χ0) is 11.6. The fraction of sp³-hybridized carbons (Fsp3) is 1.00. The normalized spacial score (nSPS) is 44.8. The molecule has 1 aliphatic carbocycles. The highest BCUT2D eigenvalue weighted by molar-refractivity contribution is 4.89. The summed E-state index contributed by atoms with van der Waals surface area (Å²) < 4.78 is 5.97. The average molecular weight is 225 g/mol. The third-order valence-corrected chi connectivity index (χ3v) is 4.60. The molecule has 16 heavy (non-hydrogen) atoms. The predicted octanol–water partition coefficient (Wildman–Crippen LogP) is 3.10. The first kappa shape index (κ1) is 12.4. The van der Waals surface area contributed by atoms with Gasteiger partial charge in [-0.2, -0.15) is 0 Å². The van der Waals surface area contributed by atoms with Crippen molar-refractivity contribution in [2.45, 2.75) is 71.0 Å². The lowest BCUT2D eigenvalue weighted by molar-refractivity contribution is 0.00712. The van der Waals surface area contributed by atoms with Gasteiger partial charge < -0.3 is 10.5 Å². The molecule has 0 spiro atoms. The van der Waals surface area contributed by atoms with E-state index < -0.39 is 0 Å². The lowest BCUT2D eigenvalue weighted by Crippen LogP contribution is -2.38. The van der Waals surface area contributed by atoms with Crippen molar-refractivity contribution in [3.63, 3.8) is 0 Å². The van der Waals surface area contributed by atoms with Crippen molar-refractivity contribution in [1.29, 1.82) is 0 Å².